The smallest absolute Gasteiger partial charge is 0.381 e. The number of hydrogen-bond donors (Lipinski definition) is 1. The second-order valence-corrected chi connectivity index (χ2v) is 7.99. The molecule has 1 N–H and O–H groups in total. The second-order valence-electron chi connectivity index (χ2n) is 6.87. The van der Waals surface area contributed by atoms with Crippen LogP contribution in [0.15, 0.2) is 24.4 Å². The maximum atomic E-state index is 13.6. The summed E-state index contributed by atoms with van der Waals surface area (Å²) in [5, 5.41) is 2.57. The number of carbonyl (C=O) groups is 1. The van der Waals surface area contributed by atoms with Gasteiger partial charge in [-0.25, -0.2) is 4.98 Å². The fourth-order valence-electron chi connectivity index (χ4n) is 3.14. The largest absolute Gasteiger partial charge is 0.403 e. The molecule has 0 radical (unpaired) electrons. The molecule has 8 heteroatoms. The minimum absolute atomic E-state index is 0.0805. The van der Waals surface area contributed by atoms with Gasteiger partial charge in [-0.1, -0.05) is 18.2 Å². The Morgan fingerprint density at radius 2 is 1.96 bits per heavy atom. The number of nitrogens with zero attached hydrogens (tertiary/aromatic N) is 1. The highest BCUT2D eigenvalue weighted by Crippen LogP contribution is 2.46. The van der Waals surface area contributed by atoms with Crippen LogP contribution in [0.1, 0.15) is 34.4 Å². The van der Waals surface area contributed by atoms with Crippen LogP contribution >= 0.6 is 11.3 Å². The van der Waals surface area contributed by atoms with Crippen molar-refractivity contribution < 1.29 is 22.7 Å². The number of aryl methyl sites for hydroxylation is 2. The molecule has 0 bridgehead atoms. The van der Waals surface area contributed by atoms with Crippen molar-refractivity contribution in [3.63, 3.8) is 0 Å². The predicted octanol–water partition coefficient (Wildman–Crippen LogP) is 4.65. The Labute approximate surface area is 159 Å². The van der Waals surface area contributed by atoms with Gasteiger partial charge in [-0.2, -0.15) is 13.2 Å². The SMILES string of the molecule is Cc1ccc(Cc2cnc(NC(=O)C3(C(F)(F)F)CCOCC3)s2)cc1C. The summed E-state index contributed by atoms with van der Waals surface area (Å²) in [6.07, 6.45) is -3.15. The van der Waals surface area contributed by atoms with Gasteiger partial charge >= 0.3 is 6.18 Å². The molecule has 3 rings (SSSR count). The lowest BCUT2D eigenvalue weighted by atomic mass is 9.78. The second kappa shape index (κ2) is 7.59. The standard InChI is InChI=1S/C19H21F3N2O2S/c1-12-3-4-14(9-13(12)2)10-15-11-23-17(27-15)24-16(25)18(19(20,21)22)5-7-26-8-6-18/h3-4,9,11H,5-8,10H2,1-2H3,(H,23,24,25). The maximum Gasteiger partial charge on any atom is 0.403 e. The molecule has 0 atom stereocenters. The number of thiazole rings is 1. The summed E-state index contributed by atoms with van der Waals surface area (Å²) in [7, 11) is 0. The molecule has 1 amide bonds. The van der Waals surface area contributed by atoms with Gasteiger partial charge in [-0.05, 0) is 43.4 Å². The number of ether oxygens (including phenoxy) is 1. The molecule has 0 aliphatic carbocycles. The van der Waals surface area contributed by atoms with E-state index >= 15 is 0 Å². The Hall–Kier alpha value is -1.93. The predicted molar refractivity (Wildman–Crippen MR) is 98.0 cm³/mol. The molecule has 27 heavy (non-hydrogen) atoms. The van der Waals surface area contributed by atoms with Gasteiger partial charge in [0.05, 0.1) is 0 Å². The Balaban J connectivity index is 1.72. The molecule has 1 aromatic heterocycles. The molecule has 1 fully saturated rings. The summed E-state index contributed by atoms with van der Waals surface area (Å²) in [6.45, 7) is 3.90. The number of carbonyl (C=O) groups excluding carboxylic acids is 1. The summed E-state index contributed by atoms with van der Waals surface area (Å²) in [5.74, 6) is -1.05. The van der Waals surface area contributed by atoms with Crippen LogP contribution in [0.5, 0.6) is 0 Å². The molecular formula is C19H21F3N2O2S. The normalized spacial score (nSPS) is 16.9. The van der Waals surface area contributed by atoms with Crippen molar-refractivity contribution in [2.45, 2.75) is 39.3 Å². The van der Waals surface area contributed by atoms with E-state index < -0.39 is 17.5 Å². The molecule has 0 saturated carbocycles. The number of halogens is 3. The minimum atomic E-state index is -4.62. The van der Waals surface area contributed by atoms with Crippen molar-refractivity contribution in [3.8, 4) is 0 Å². The average Bonchev–Trinajstić information content (AvgIpc) is 3.04. The Morgan fingerprint density at radius 1 is 1.26 bits per heavy atom. The van der Waals surface area contributed by atoms with E-state index in [0.717, 1.165) is 10.4 Å². The fraction of sp³-hybridized carbons (Fsp3) is 0.474. The Kier molecular flexibility index (Phi) is 5.58. The zero-order valence-corrected chi connectivity index (χ0v) is 16.0. The third kappa shape index (κ3) is 4.16. The summed E-state index contributed by atoms with van der Waals surface area (Å²) < 4.78 is 45.8. The lowest BCUT2D eigenvalue weighted by molar-refractivity contribution is -0.237. The molecule has 4 nitrogen and oxygen atoms in total. The van der Waals surface area contributed by atoms with Gasteiger partial charge in [0, 0.05) is 30.7 Å². The van der Waals surface area contributed by atoms with E-state index in [1.165, 1.54) is 22.5 Å². The first-order chi connectivity index (χ1) is 12.7. The highest BCUT2D eigenvalue weighted by atomic mass is 32.1. The highest BCUT2D eigenvalue weighted by Gasteiger charge is 2.60. The van der Waals surface area contributed by atoms with Crippen LogP contribution < -0.4 is 5.32 Å². The molecule has 1 aliphatic rings. The van der Waals surface area contributed by atoms with E-state index in [-0.39, 0.29) is 31.2 Å². The van der Waals surface area contributed by atoms with E-state index in [2.05, 4.69) is 16.4 Å². The lowest BCUT2D eigenvalue weighted by Crippen LogP contribution is -2.51. The van der Waals surface area contributed by atoms with Crippen LogP contribution in [0, 0.1) is 19.3 Å². The van der Waals surface area contributed by atoms with Crippen molar-refractivity contribution in [1.82, 2.24) is 4.98 Å². The number of aromatic nitrogens is 1. The van der Waals surface area contributed by atoms with E-state index in [1.807, 2.05) is 26.0 Å². The van der Waals surface area contributed by atoms with Crippen LogP contribution in [-0.2, 0) is 16.0 Å². The molecule has 146 valence electrons. The molecule has 0 spiro atoms. The average molecular weight is 398 g/mol. The van der Waals surface area contributed by atoms with Crippen LogP contribution in [-0.4, -0.2) is 30.3 Å². The van der Waals surface area contributed by atoms with Crippen molar-refractivity contribution in [3.05, 3.63) is 46.0 Å². The minimum Gasteiger partial charge on any atom is -0.381 e. The fourth-order valence-corrected chi connectivity index (χ4v) is 3.98. The van der Waals surface area contributed by atoms with Crippen molar-refractivity contribution in [1.29, 1.82) is 0 Å². The Bertz CT molecular complexity index is 827. The van der Waals surface area contributed by atoms with Gasteiger partial charge < -0.3 is 10.1 Å². The summed E-state index contributed by atoms with van der Waals surface area (Å²) in [5.41, 5.74) is 1.06. The van der Waals surface area contributed by atoms with Gasteiger partial charge in [-0.15, -0.1) is 11.3 Å². The number of benzene rings is 1. The molecule has 1 aromatic carbocycles. The van der Waals surface area contributed by atoms with Crippen molar-refractivity contribution in [2.24, 2.45) is 5.41 Å². The summed E-state index contributed by atoms with van der Waals surface area (Å²) in [4.78, 5) is 17.4. The van der Waals surface area contributed by atoms with Gasteiger partial charge in [0.15, 0.2) is 5.13 Å². The Morgan fingerprint density at radius 3 is 2.59 bits per heavy atom. The summed E-state index contributed by atoms with van der Waals surface area (Å²) in [6, 6.07) is 6.13. The topological polar surface area (TPSA) is 51.2 Å². The number of amides is 1. The number of anilines is 1. The third-order valence-corrected chi connectivity index (χ3v) is 5.96. The zero-order valence-electron chi connectivity index (χ0n) is 15.2. The number of nitrogens with one attached hydrogen (secondary N) is 1. The monoisotopic (exact) mass is 398 g/mol. The zero-order chi connectivity index (χ0) is 19.7. The molecule has 1 saturated heterocycles. The highest BCUT2D eigenvalue weighted by molar-refractivity contribution is 7.15. The van der Waals surface area contributed by atoms with E-state index in [9.17, 15) is 18.0 Å². The molecule has 0 unspecified atom stereocenters. The van der Waals surface area contributed by atoms with Crippen LogP contribution in [0.2, 0.25) is 0 Å². The maximum absolute atomic E-state index is 13.6. The van der Waals surface area contributed by atoms with Gasteiger partial charge in [0.1, 0.15) is 5.41 Å². The van der Waals surface area contributed by atoms with Crippen LogP contribution in [0.3, 0.4) is 0 Å². The van der Waals surface area contributed by atoms with Crippen molar-refractivity contribution in [2.75, 3.05) is 18.5 Å². The quantitative estimate of drug-likeness (QED) is 0.816. The molecule has 2 aromatic rings. The first kappa shape index (κ1) is 19.8. The van der Waals surface area contributed by atoms with Crippen molar-refractivity contribution >= 4 is 22.4 Å². The van der Waals surface area contributed by atoms with Crippen LogP contribution in [0.25, 0.3) is 0 Å². The number of hydrogen-bond acceptors (Lipinski definition) is 4. The van der Waals surface area contributed by atoms with Gasteiger partial charge in [-0.3, -0.25) is 4.79 Å². The van der Waals surface area contributed by atoms with Crippen LogP contribution in [0.4, 0.5) is 18.3 Å². The third-order valence-electron chi connectivity index (χ3n) is 5.05. The van der Waals surface area contributed by atoms with E-state index in [1.54, 1.807) is 6.20 Å². The van der Waals surface area contributed by atoms with E-state index in [0.29, 0.717) is 6.42 Å². The summed E-state index contributed by atoms with van der Waals surface area (Å²) >= 11 is 1.20. The molecule has 1 aliphatic heterocycles. The number of alkyl halides is 3. The number of rotatable bonds is 4. The first-order valence-electron chi connectivity index (χ1n) is 8.68. The van der Waals surface area contributed by atoms with Gasteiger partial charge in [0.2, 0.25) is 5.91 Å². The molecular weight excluding hydrogens is 377 g/mol. The molecule has 2 heterocycles. The van der Waals surface area contributed by atoms with Gasteiger partial charge in [0.25, 0.3) is 0 Å². The van der Waals surface area contributed by atoms with E-state index in [4.69, 9.17) is 4.74 Å². The lowest BCUT2D eigenvalue weighted by Gasteiger charge is -2.36. The first-order valence-corrected chi connectivity index (χ1v) is 9.50.